The van der Waals surface area contributed by atoms with Crippen LogP contribution in [0.2, 0.25) is 0 Å². The van der Waals surface area contributed by atoms with Gasteiger partial charge in [-0.1, -0.05) is 18.2 Å². The summed E-state index contributed by atoms with van der Waals surface area (Å²) in [7, 11) is 1.99. The lowest BCUT2D eigenvalue weighted by atomic mass is 10.1. The predicted octanol–water partition coefficient (Wildman–Crippen LogP) is 3.52. The fourth-order valence-electron chi connectivity index (χ4n) is 3.64. The average Bonchev–Trinajstić information content (AvgIpc) is 3.26. The number of carbonyl (C=O) groups is 1. The summed E-state index contributed by atoms with van der Waals surface area (Å²) in [6.45, 7) is 4.05. The number of aromatic nitrogens is 2. The lowest BCUT2D eigenvalue weighted by Crippen LogP contribution is -2.18. The fourth-order valence-corrected chi connectivity index (χ4v) is 4.90. The summed E-state index contributed by atoms with van der Waals surface area (Å²) in [4.78, 5) is 13.3. The van der Waals surface area contributed by atoms with Crippen LogP contribution in [0.25, 0.3) is 5.69 Å². The summed E-state index contributed by atoms with van der Waals surface area (Å²) >= 11 is 0. The van der Waals surface area contributed by atoms with Crippen LogP contribution in [0.4, 0.5) is 5.82 Å². The van der Waals surface area contributed by atoms with Gasteiger partial charge in [-0.3, -0.25) is 9.00 Å². The van der Waals surface area contributed by atoms with Crippen molar-refractivity contribution in [2.75, 3.05) is 19.5 Å². The molecule has 1 aliphatic heterocycles. The Morgan fingerprint density at radius 1 is 1.07 bits per heavy atom. The van der Waals surface area contributed by atoms with E-state index in [0.29, 0.717) is 34.4 Å². The van der Waals surface area contributed by atoms with Crippen LogP contribution in [0, 0.1) is 13.8 Å². The summed E-state index contributed by atoms with van der Waals surface area (Å²) in [6, 6.07) is 11.1. The first-order valence-electron chi connectivity index (χ1n) is 9.49. The molecule has 30 heavy (non-hydrogen) atoms. The van der Waals surface area contributed by atoms with Gasteiger partial charge in [0.15, 0.2) is 0 Å². The fraction of sp³-hybridized carbons (Fsp3) is 0.273. The normalized spacial score (nSPS) is 15.0. The summed E-state index contributed by atoms with van der Waals surface area (Å²) in [6.07, 6.45) is 0. The molecule has 0 unspecified atom stereocenters. The van der Waals surface area contributed by atoms with Gasteiger partial charge < -0.3 is 14.8 Å². The minimum Gasteiger partial charge on any atom is -0.496 e. The summed E-state index contributed by atoms with van der Waals surface area (Å²) in [5.74, 6) is 1.71. The first-order chi connectivity index (χ1) is 14.4. The van der Waals surface area contributed by atoms with Crippen molar-refractivity contribution in [2.45, 2.75) is 25.4 Å². The van der Waals surface area contributed by atoms with Crippen LogP contribution in [0.3, 0.4) is 0 Å². The van der Waals surface area contributed by atoms with E-state index >= 15 is 0 Å². The monoisotopic (exact) mass is 425 g/mol. The van der Waals surface area contributed by atoms with Gasteiger partial charge >= 0.3 is 0 Å². The Bertz CT molecular complexity index is 1150. The van der Waals surface area contributed by atoms with Gasteiger partial charge in [-0.05, 0) is 43.2 Å². The SMILES string of the molecule is COc1cccc(OC)c1C(=O)Nc1c2c(nn1-c1cccc(C)c1C)C[S@@](=O)C2. The van der Waals surface area contributed by atoms with Gasteiger partial charge in [-0.25, -0.2) is 4.68 Å². The molecular formula is C22H23N3O4S. The van der Waals surface area contributed by atoms with Crippen LogP contribution in [0.5, 0.6) is 11.5 Å². The van der Waals surface area contributed by atoms with Gasteiger partial charge in [-0.15, -0.1) is 0 Å². The van der Waals surface area contributed by atoms with Crippen molar-refractivity contribution in [2.24, 2.45) is 0 Å². The standard InChI is InChI=1S/C22H23N3O4S/c1-13-7-5-8-17(14(13)2)25-21(15-11-30(27)12-16(15)24-25)23-22(26)20-18(28-3)9-6-10-19(20)29-4/h5-10H,11-12H2,1-4H3,(H,23,26)/t30-/m0/s1. The lowest BCUT2D eigenvalue weighted by Gasteiger charge is -2.16. The maximum Gasteiger partial charge on any atom is 0.264 e. The maximum atomic E-state index is 13.3. The van der Waals surface area contributed by atoms with Gasteiger partial charge in [0, 0.05) is 16.4 Å². The molecule has 0 saturated heterocycles. The quantitative estimate of drug-likeness (QED) is 0.676. The number of methoxy groups -OCH3 is 2. The molecule has 156 valence electrons. The van der Waals surface area contributed by atoms with Crippen LogP contribution in [0.15, 0.2) is 36.4 Å². The molecule has 4 rings (SSSR count). The van der Waals surface area contributed by atoms with Crippen molar-refractivity contribution in [3.05, 3.63) is 64.3 Å². The van der Waals surface area contributed by atoms with E-state index in [9.17, 15) is 9.00 Å². The second-order valence-corrected chi connectivity index (χ2v) is 8.58. The molecule has 1 aromatic heterocycles. The molecule has 7 nitrogen and oxygen atoms in total. The first-order valence-corrected chi connectivity index (χ1v) is 11.0. The van der Waals surface area contributed by atoms with E-state index < -0.39 is 10.8 Å². The molecular weight excluding hydrogens is 402 g/mol. The molecule has 2 heterocycles. The summed E-state index contributed by atoms with van der Waals surface area (Å²) < 4.78 is 24.6. The number of nitrogens with one attached hydrogen (secondary N) is 1. The largest absolute Gasteiger partial charge is 0.496 e. The Hall–Kier alpha value is -3.13. The van der Waals surface area contributed by atoms with Gasteiger partial charge in [-0.2, -0.15) is 5.10 Å². The highest BCUT2D eigenvalue weighted by Gasteiger charge is 2.30. The molecule has 1 amide bonds. The molecule has 0 saturated carbocycles. The number of anilines is 1. The molecule has 0 radical (unpaired) electrons. The number of ether oxygens (including phenoxy) is 2. The van der Waals surface area contributed by atoms with Crippen LogP contribution in [-0.2, 0) is 22.3 Å². The third-order valence-electron chi connectivity index (χ3n) is 5.36. The number of benzene rings is 2. The van der Waals surface area contributed by atoms with Crippen molar-refractivity contribution in [1.29, 1.82) is 0 Å². The number of fused-ring (bicyclic) bond motifs is 1. The van der Waals surface area contributed by atoms with Crippen molar-refractivity contribution in [3.63, 3.8) is 0 Å². The lowest BCUT2D eigenvalue weighted by molar-refractivity contribution is 0.102. The van der Waals surface area contributed by atoms with E-state index in [1.54, 1.807) is 22.9 Å². The van der Waals surface area contributed by atoms with Crippen molar-refractivity contribution in [3.8, 4) is 17.2 Å². The zero-order chi connectivity index (χ0) is 21.4. The highest BCUT2D eigenvalue weighted by atomic mass is 32.2. The number of hydrogen-bond acceptors (Lipinski definition) is 5. The Labute approximate surface area is 177 Å². The number of aryl methyl sites for hydroxylation is 1. The number of rotatable bonds is 5. The Kier molecular flexibility index (Phi) is 5.34. The number of nitrogens with zero attached hydrogens (tertiary/aromatic N) is 2. The smallest absolute Gasteiger partial charge is 0.264 e. The molecule has 0 fully saturated rings. The van der Waals surface area contributed by atoms with Crippen LogP contribution in [-0.4, -0.2) is 34.1 Å². The molecule has 1 N–H and O–H groups in total. The van der Waals surface area contributed by atoms with E-state index in [2.05, 4.69) is 5.32 Å². The molecule has 0 bridgehead atoms. The maximum absolute atomic E-state index is 13.3. The first kappa shape index (κ1) is 20.2. The number of amides is 1. The zero-order valence-corrected chi connectivity index (χ0v) is 18.1. The highest BCUT2D eigenvalue weighted by molar-refractivity contribution is 7.83. The molecule has 8 heteroatoms. The topological polar surface area (TPSA) is 82.4 Å². The summed E-state index contributed by atoms with van der Waals surface area (Å²) in [5.41, 5.74) is 4.90. The Balaban J connectivity index is 1.83. The number of carbonyl (C=O) groups excluding carboxylic acids is 1. The second kappa shape index (κ2) is 7.95. The highest BCUT2D eigenvalue weighted by Crippen LogP contribution is 2.35. The second-order valence-electron chi connectivity index (χ2n) is 7.12. The van der Waals surface area contributed by atoms with E-state index in [4.69, 9.17) is 14.6 Å². The Morgan fingerprint density at radius 3 is 2.40 bits per heavy atom. The van der Waals surface area contributed by atoms with Crippen molar-refractivity contribution in [1.82, 2.24) is 9.78 Å². The van der Waals surface area contributed by atoms with Gasteiger partial charge in [0.05, 0.1) is 37.1 Å². The molecule has 3 aromatic rings. The van der Waals surface area contributed by atoms with E-state index in [1.807, 2.05) is 32.0 Å². The minimum atomic E-state index is -1.02. The number of hydrogen-bond donors (Lipinski definition) is 1. The van der Waals surface area contributed by atoms with Crippen molar-refractivity contribution < 1.29 is 18.5 Å². The third-order valence-corrected chi connectivity index (χ3v) is 6.57. The van der Waals surface area contributed by atoms with Crippen LogP contribution >= 0.6 is 0 Å². The van der Waals surface area contributed by atoms with Crippen LogP contribution < -0.4 is 14.8 Å². The van der Waals surface area contributed by atoms with Gasteiger partial charge in [0.2, 0.25) is 0 Å². The predicted molar refractivity (Wildman–Crippen MR) is 116 cm³/mol. The summed E-state index contributed by atoms with van der Waals surface area (Å²) in [5, 5.41) is 7.68. The van der Waals surface area contributed by atoms with E-state index in [0.717, 1.165) is 28.1 Å². The van der Waals surface area contributed by atoms with Crippen molar-refractivity contribution >= 4 is 22.5 Å². The molecule has 1 atom stereocenters. The molecule has 2 aromatic carbocycles. The minimum absolute atomic E-state index is 0.295. The third kappa shape index (κ3) is 3.37. The van der Waals surface area contributed by atoms with Crippen LogP contribution in [0.1, 0.15) is 32.7 Å². The van der Waals surface area contributed by atoms with Gasteiger partial charge in [0.25, 0.3) is 5.91 Å². The van der Waals surface area contributed by atoms with Gasteiger partial charge in [0.1, 0.15) is 22.9 Å². The molecule has 0 aliphatic carbocycles. The average molecular weight is 426 g/mol. The van der Waals surface area contributed by atoms with E-state index in [-0.39, 0.29) is 5.91 Å². The Morgan fingerprint density at radius 2 is 1.73 bits per heavy atom. The molecule has 1 aliphatic rings. The van der Waals surface area contributed by atoms with E-state index in [1.165, 1.54) is 14.2 Å². The molecule has 0 spiro atoms. The zero-order valence-electron chi connectivity index (χ0n) is 17.3.